The molecule has 2 nitrogen and oxygen atoms in total. The molecule has 2 aromatic rings. The first kappa shape index (κ1) is 13.3. The van der Waals surface area contributed by atoms with Gasteiger partial charge in [0.05, 0.1) is 0 Å². The van der Waals surface area contributed by atoms with Crippen LogP contribution in [0.15, 0.2) is 16.7 Å². The van der Waals surface area contributed by atoms with Crippen LogP contribution in [0.5, 0.6) is 0 Å². The summed E-state index contributed by atoms with van der Waals surface area (Å²) in [5.41, 5.74) is 6.76. The first-order valence-corrected chi connectivity index (χ1v) is 7.04. The number of nitrogens with zero attached hydrogens (tertiary/aromatic N) is 1. The maximum absolute atomic E-state index is 4.34. The Labute approximate surface area is 117 Å². The van der Waals surface area contributed by atoms with E-state index in [4.69, 9.17) is 0 Å². The summed E-state index contributed by atoms with van der Waals surface area (Å²) >= 11 is 3.50. The second-order valence-corrected chi connectivity index (χ2v) is 5.72. The van der Waals surface area contributed by atoms with E-state index in [2.05, 4.69) is 58.8 Å². The second kappa shape index (κ2) is 5.27. The lowest BCUT2D eigenvalue weighted by molar-refractivity contribution is 0.898. The van der Waals surface area contributed by atoms with E-state index in [1.165, 1.54) is 27.9 Å². The third-order valence-corrected chi connectivity index (χ3v) is 3.97. The molecule has 0 saturated heterocycles. The van der Waals surface area contributed by atoms with Crippen LogP contribution in [0.3, 0.4) is 0 Å². The summed E-state index contributed by atoms with van der Waals surface area (Å²) in [5, 5.41) is 0. The van der Waals surface area contributed by atoms with Gasteiger partial charge < -0.3 is 4.98 Å². The molecule has 0 spiro atoms. The minimum absolute atomic E-state index is 0.947. The van der Waals surface area contributed by atoms with Crippen molar-refractivity contribution in [3.63, 3.8) is 0 Å². The molecule has 0 aliphatic carbocycles. The van der Waals surface area contributed by atoms with Crippen LogP contribution in [0.2, 0.25) is 0 Å². The molecule has 1 aromatic heterocycles. The molecule has 1 N–H and O–H groups in total. The fourth-order valence-corrected chi connectivity index (χ4v) is 3.10. The van der Waals surface area contributed by atoms with E-state index in [1.54, 1.807) is 0 Å². The first-order valence-electron chi connectivity index (χ1n) is 6.25. The molecule has 1 heterocycles. The lowest BCUT2D eigenvalue weighted by atomic mass is 9.96. The summed E-state index contributed by atoms with van der Waals surface area (Å²) in [6.07, 6.45) is 2.05. The topological polar surface area (TPSA) is 28.7 Å². The molecule has 0 amide bonds. The van der Waals surface area contributed by atoms with Crippen molar-refractivity contribution < 1.29 is 0 Å². The number of aryl methyl sites for hydroxylation is 5. The van der Waals surface area contributed by atoms with Crippen LogP contribution in [-0.2, 0) is 12.8 Å². The quantitative estimate of drug-likeness (QED) is 0.905. The van der Waals surface area contributed by atoms with Gasteiger partial charge in [-0.1, -0.05) is 17.7 Å². The summed E-state index contributed by atoms with van der Waals surface area (Å²) in [4.78, 5) is 7.65. The van der Waals surface area contributed by atoms with E-state index in [1.807, 2.05) is 6.92 Å². The van der Waals surface area contributed by atoms with Crippen molar-refractivity contribution in [2.24, 2.45) is 0 Å². The van der Waals surface area contributed by atoms with Gasteiger partial charge >= 0.3 is 0 Å². The summed E-state index contributed by atoms with van der Waals surface area (Å²) in [5.74, 6) is 0.967. The van der Waals surface area contributed by atoms with Crippen molar-refractivity contribution in [3.8, 4) is 0 Å². The van der Waals surface area contributed by atoms with Crippen molar-refractivity contribution in [2.75, 3.05) is 0 Å². The zero-order valence-corrected chi connectivity index (χ0v) is 13.0. The van der Waals surface area contributed by atoms with Gasteiger partial charge in [-0.3, -0.25) is 0 Å². The molecule has 18 heavy (non-hydrogen) atoms. The number of aromatic nitrogens is 2. The Balaban J connectivity index is 2.18. The normalized spacial score (nSPS) is 10.9. The monoisotopic (exact) mass is 306 g/mol. The minimum Gasteiger partial charge on any atom is -0.345 e. The van der Waals surface area contributed by atoms with Crippen molar-refractivity contribution in [1.29, 1.82) is 0 Å². The van der Waals surface area contributed by atoms with E-state index in [-0.39, 0.29) is 0 Å². The molecular weight excluding hydrogens is 288 g/mol. The Morgan fingerprint density at radius 2 is 1.67 bits per heavy atom. The average Bonchev–Trinajstić information content (AvgIpc) is 2.55. The summed E-state index contributed by atoms with van der Waals surface area (Å²) in [7, 11) is 0. The zero-order chi connectivity index (χ0) is 13.3. The molecular formula is C15H19BrN2. The van der Waals surface area contributed by atoms with Crippen LogP contribution < -0.4 is 0 Å². The van der Waals surface area contributed by atoms with Crippen LogP contribution in [0.1, 0.15) is 33.8 Å². The van der Waals surface area contributed by atoms with Crippen molar-refractivity contribution >= 4 is 15.9 Å². The molecule has 1 aromatic carbocycles. The third-order valence-electron chi connectivity index (χ3n) is 3.31. The van der Waals surface area contributed by atoms with Crippen LogP contribution in [0.4, 0.5) is 0 Å². The highest BCUT2D eigenvalue weighted by Crippen LogP contribution is 2.20. The summed E-state index contributed by atoms with van der Waals surface area (Å²) < 4.78 is 0.947. The number of rotatable bonds is 3. The highest BCUT2D eigenvalue weighted by molar-refractivity contribution is 9.10. The SMILES string of the molecule is Cc1cc(C)c(CCc2[nH]c(C)nc2Br)c(C)c1. The van der Waals surface area contributed by atoms with E-state index >= 15 is 0 Å². The van der Waals surface area contributed by atoms with Gasteiger partial charge in [0.25, 0.3) is 0 Å². The van der Waals surface area contributed by atoms with Gasteiger partial charge in [-0.15, -0.1) is 0 Å². The molecule has 0 aliphatic rings. The fraction of sp³-hybridized carbons (Fsp3) is 0.400. The van der Waals surface area contributed by atoms with Gasteiger partial charge in [0.15, 0.2) is 0 Å². The summed E-state index contributed by atoms with van der Waals surface area (Å²) in [6, 6.07) is 4.52. The number of benzene rings is 1. The average molecular weight is 307 g/mol. The predicted octanol–water partition coefficient (Wildman–Crippen LogP) is 4.19. The zero-order valence-electron chi connectivity index (χ0n) is 11.4. The van der Waals surface area contributed by atoms with E-state index in [0.717, 1.165) is 23.3 Å². The largest absolute Gasteiger partial charge is 0.345 e. The maximum atomic E-state index is 4.34. The highest BCUT2D eigenvalue weighted by Gasteiger charge is 2.08. The van der Waals surface area contributed by atoms with Crippen LogP contribution in [-0.4, -0.2) is 9.97 Å². The van der Waals surface area contributed by atoms with Crippen LogP contribution in [0.25, 0.3) is 0 Å². The standard InChI is InChI=1S/C15H19BrN2/c1-9-7-10(2)13(11(3)8-9)5-6-14-15(16)18-12(4)17-14/h7-8H,5-6H2,1-4H3,(H,17,18). The Morgan fingerprint density at radius 3 is 2.17 bits per heavy atom. The van der Waals surface area contributed by atoms with Crippen LogP contribution in [0, 0.1) is 27.7 Å². The molecule has 96 valence electrons. The number of hydrogen-bond donors (Lipinski definition) is 1. The molecule has 0 bridgehead atoms. The Bertz CT molecular complexity index is 547. The van der Waals surface area contributed by atoms with Gasteiger partial charge in [0.2, 0.25) is 0 Å². The molecule has 0 atom stereocenters. The van der Waals surface area contributed by atoms with E-state index < -0.39 is 0 Å². The van der Waals surface area contributed by atoms with E-state index in [9.17, 15) is 0 Å². The number of hydrogen-bond acceptors (Lipinski definition) is 1. The number of H-pyrrole nitrogens is 1. The van der Waals surface area contributed by atoms with Crippen molar-refractivity contribution in [2.45, 2.75) is 40.5 Å². The second-order valence-electron chi connectivity index (χ2n) is 4.97. The van der Waals surface area contributed by atoms with Gasteiger partial charge in [-0.2, -0.15) is 0 Å². The molecule has 0 saturated carbocycles. The smallest absolute Gasteiger partial charge is 0.127 e. The maximum Gasteiger partial charge on any atom is 0.127 e. The Hall–Kier alpha value is -1.09. The number of nitrogens with one attached hydrogen (secondary N) is 1. The lowest BCUT2D eigenvalue weighted by Crippen LogP contribution is -1.99. The molecule has 2 rings (SSSR count). The third kappa shape index (κ3) is 2.83. The molecule has 0 radical (unpaired) electrons. The van der Waals surface area contributed by atoms with Gasteiger partial charge in [-0.05, 0) is 73.2 Å². The van der Waals surface area contributed by atoms with Gasteiger partial charge in [0.1, 0.15) is 10.4 Å². The number of halogens is 1. The van der Waals surface area contributed by atoms with Gasteiger partial charge in [0, 0.05) is 5.69 Å². The molecule has 3 heteroatoms. The number of imidazole rings is 1. The number of aromatic amines is 1. The molecule has 0 aliphatic heterocycles. The Morgan fingerprint density at radius 1 is 1.06 bits per heavy atom. The van der Waals surface area contributed by atoms with Crippen molar-refractivity contribution in [1.82, 2.24) is 9.97 Å². The molecule has 0 unspecified atom stereocenters. The highest BCUT2D eigenvalue weighted by atomic mass is 79.9. The summed E-state index contributed by atoms with van der Waals surface area (Å²) in [6.45, 7) is 8.53. The predicted molar refractivity (Wildman–Crippen MR) is 79.1 cm³/mol. The van der Waals surface area contributed by atoms with E-state index in [0.29, 0.717) is 0 Å². The van der Waals surface area contributed by atoms with Gasteiger partial charge in [-0.25, -0.2) is 4.98 Å². The van der Waals surface area contributed by atoms with Crippen molar-refractivity contribution in [3.05, 3.63) is 50.5 Å². The first-order chi connectivity index (χ1) is 8.47. The Kier molecular flexibility index (Phi) is 3.91. The minimum atomic E-state index is 0.947. The lowest BCUT2D eigenvalue weighted by Gasteiger charge is -2.10. The fourth-order valence-electron chi connectivity index (χ4n) is 2.53. The molecule has 0 fully saturated rings. The van der Waals surface area contributed by atoms with Crippen LogP contribution >= 0.6 is 15.9 Å².